The number of thioether (sulfide) groups is 1. The number of nitrogens with zero attached hydrogens (tertiary/aromatic N) is 2. The van der Waals surface area contributed by atoms with E-state index in [1.165, 1.54) is 18.2 Å². The summed E-state index contributed by atoms with van der Waals surface area (Å²) in [4.78, 5) is 4.21. The van der Waals surface area contributed by atoms with Gasteiger partial charge < -0.3 is 9.26 Å². The summed E-state index contributed by atoms with van der Waals surface area (Å²) < 4.78 is 10.6. The highest BCUT2D eigenvalue weighted by molar-refractivity contribution is 7.98. The molecule has 2 heterocycles. The molecule has 0 bridgehead atoms. The maximum atomic E-state index is 5.52. The summed E-state index contributed by atoms with van der Waals surface area (Å²) in [5.41, 5.74) is 0. The van der Waals surface area contributed by atoms with Gasteiger partial charge in [-0.2, -0.15) is 4.98 Å². The van der Waals surface area contributed by atoms with E-state index in [1.54, 1.807) is 0 Å². The predicted molar refractivity (Wildman–Crippen MR) is 48.6 cm³/mol. The van der Waals surface area contributed by atoms with Crippen LogP contribution in [-0.4, -0.2) is 23.0 Å². The molecule has 13 heavy (non-hydrogen) atoms. The first kappa shape index (κ1) is 9.02. The van der Waals surface area contributed by atoms with Gasteiger partial charge in [-0.05, 0) is 25.5 Å². The highest BCUT2D eigenvalue weighted by atomic mass is 32.2. The van der Waals surface area contributed by atoms with Gasteiger partial charge in [0.05, 0.1) is 0 Å². The van der Waals surface area contributed by atoms with Crippen LogP contribution in [-0.2, 0) is 4.74 Å². The third-order valence-corrected chi connectivity index (χ3v) is 2.59. The van der Waals surface area contributed by atoms with Crippen molar-refractivity contribution in [1.29, 1.82) is 0 Å². The Morgan fingerprint density at radius 2 is 2.38 bits per heavy atom. The van der Waals surface area contributed by atoms with Crippen LogP contribution < -0.4 is 0 Å². The van der Waals surface area contributed by atoms with Gasteiger partial charge in [-0.3, -0.25) is 0 Å². The van der Waals surface area contributed by atoms with Crippen LogP contribution in [0.3, 0.4) is 0 Å². The predicted octanol–water partition coefficient (Wildman–Crippen LogP) is 2.03. The zero-order valence-electron chi connectivity index (χ0n) is 7.52. The molecule has 5 heteroatoms. The summed E-state index contributed by atoms with van der Waals surface area (Å²) in [5.74, 6) is 0.629. The van der Waals surface area contributed by atoms with Crippen molar-refractivity contribution >= 4 is 11.8 Å². The Balaban J connectivity index is 2.05. The molecule has 1 aliphatic rings. The van der Waals surface area contributed by atoms with E-state index in [0.717, 1.165) is 19.4 Å². The minimum atomic E-state index is 0.0298. The first-order valence-corrected chi connectivity index (χ1v) is 5.62. The van der Waals surface area contributed by atoms with Crippen LogP contribution in [0.25, 0.3) is 0 Å². The van der Waals surface area contributed by atoms with Gasteiger partial charge in [-0.15, -0.1) is 0 Å². The molecular formula is C8H12N2O2S. The summed E-state index contributed by atoms with van der Waals surface area (Å²) in [5, 5.41) is 4.49. The van der Waals surface area contributed by atoms with Crippen molar-refractivity contribution in [3.63, 3.8) is 0 Å². The molecule has 1 atom stereocenters. The Morgan fingerprint density at radius 1 is 1.46 bits per heavy atom. The molecule has 1 aliphatic heterocycles. The fraction of sp³-hybridized carbons (Fsp3) is 0.750. The first-order chi connectivity index (χ1) is 6.40. The van der Waals surface area contributed by atoms with Crippen molar-refractivity contribution in [3.05, 3.63) is 5.89 Å². The van der Waals surface area contributed by atoms with Gasteiger partial charge in [-0.1, -0.05) is 16.9 Å². The van der Waals surface area contributed by atoms with Crippen LogP contribution in [0.2, 0.25) is 0 Å². The third-order valence-electron chi connectivity index (χ3n) is 2.06. The Kier molecular flexibility index (Phi) is 2.85. The van der Waals surface area contributed by atoms with E-state index in [2.05, 4.69) is 10.1 Å². The molecule has 0 amide bonds. The Hall–Kier alpha value is -0.550. The standard InChI is InChI=1S/C8H12N2O2S/c1-13-8-9-7(12-10-8)6-4-2-3-5-11-6/h6H,2-5H2,1H3. The molecule has 0 radical (unpaired) electrons. The molecule has 4 nitrogen and oxygen atoms in total. The lowest BCUT2D eigenvalue weighted by atomic mass is 10.1. The lowest BCUT2D eigenvalue weighted by molar-refractivity contribution is -0.00459. The van der Waals surface area contributed by atoms with Gasteiger partial charge in [0.1, 0.15) is 6.10 Å². The molecule has 1 fully saturated rings. The SMILES string of the molecule is CSc1noc(C2CCCCO2)n1. The van der Waals surface area contributed by atoms with E-state index in [4.69, 9.17) is 9.26 Å². The topological polar surface area (TPSA) is 48.2 Å². The molecular weight excluding hydrogens is 188 g/mol. The average molecular weight is 200 g/mol. The van der Waals surface area contributed by atoms with Crippen LogP contribution in [0.15, 0.2) is 9.68 Å². The summed E-state index contributed by atoms with van der Waals surface area (Å²) in [7, 11) is 0. The third kappa shape index (κ3) is 2.03. The van der Waals surface area contributed by atoms with E-state index in [9.17, 15) is 0 Å². The summed E-state index contributed by atoms with van der Waals surface area (Å²) in [6, 6.07) is 0. The van der Waals surface area contributed by atoms with Crippen LogP contribution in [0.5, 0.6) is 0 Å². The van der Waals surface area contributed by atoms with Crippen LogP contribution >= 0.6 is 11.8 Å². The van der Waals surface area contributed by atoms with Crippen molar-refractivity contribution < 1.29 is 9.26 Å². The zero-order chi connectivity index (χ0) is 9.10. The largest absolute Gasteiger partial charge is 0.368 e. The maximum absolute atomic E-state index is 5.52. The summed E-state index contributed by atoms with van der Waals surface area (Å²) in [6.07, 6.45) is 5.27. The minimum Gasteiger partial charge on any atom is -0.368 e. The second-order valence-electron chi connectivity index (χ2n) is 2.97. The quantitative estimate of drug-likeness (QED) is 0.684. The fourth-order valence-corrected chi connectivity index (χ4v) is 1.66. The molecule has 1 aromatic rings. The van der Waals surface area contributed by atoms with Gasteiger partial charge in [0.2, 0.25) is 5.16 Å². The number of ether oxygens (including phenoxy) is 1. The van der Waals surface area contributed by atoms with E-state index < -0.39 is 0 Å². The van der Waals surface area contributed by atoms with Crippen molar-refractivity contribution in [2.45, 2.75) is 30.5 Å². The van der Waals surface area contributed by atoms with Gasteiger partial charge in [0, 0.05) is 6.61 Å². The molecule has 0 N–H and O–H groups in total. The zero-order valence-corrected chi connectivity index (χ0v) is 8.34. The van der Waals surface area contributed by atoms with E-state index in [1.807, 2.05) is 6.26 Å². The van der Waals surface area contributed by atoms with E-state index >= 15 is 0 Å². The van der Waals surface area contributed by atoms with E-state index in [0.29, 0.717) is 11.0 Å². The highest BCUT2D eigenvalue weighted by Gasteiger charge is 2.21. The normalized spacial score (nSPS) is 23.3. The van der Waals surface area contributed by atoms with E-state index in [-0.39, 0.29) is 6.10 Å². The molecule has 0 aliphatic carbocycles. The van der Waals surface area contributed by atoms with Crippen molar-refractivity contribution in [2.24, 2.45) is 0 Å². The highest BCUT2D eigenvalue weighted by Crippen LogP contribution is 2.27. The molecule has 0 aromatic carbocycles. The van der Waals surface area contributed by atoms with Gasteiger partial charge in [0.15, 0.2) is 0 Å². The summed E-state index contributed by atoms with van der Waals surface area (Å²) in [6.45, 7) is 0.807. The number of hydrogen-bond acceptors (Lipinski definition) is 5. The van der Waals surface area contributed by atoms with Crippen LogP contribution in [0.4, 0.5) is 0 Å². The number of aromatic nitrogens is 2. The average Bonchev–Trinajstić information content (AvgIpc) is 2.67. The molecule has 1 unspecified atom stereocenters. The lowest BCUT2D eigenvalue weighted by Gasteiger charge is -2.18. The second kappa shape index (κ2) is 4.11. The van der Waals surface area contributed by atoms with Gasteiger partial charge in [0.25, 0.3) is 5.89 Å². The van der Waals surface area contributed by atoms with Crippen LogP contribution in [0.1, 0.15) is 31.3 Å². The summed E-state index contributed by atoms with van der Waals surface area (Å²) >= 11 is 1.48. The molecule has 0 saturated carbocycles. The molecule has 1 aromatic heterocycles. The molecule has 0 spiro atoms. The Bertz CT molecular complexity index is 271. The Labute approximate surface area is 81.0 Å². The first-order valence-electron chi connectivity index (χ1n) is 4.39. The van der Waals surface area contributed by atoms with Gasteiger partial charge >= 0.3 is 0 Å². The smallest absolute Gasteiger partial charge is 0.256 e. The minimum absolute atomic E-state index is 0.0298. The lowest BCUT2D eigenvalue weighted by Crippen LogP contribution is -2.11. The van der Waals surface area contributed by atoms with Crippen molar-refractivity contribution in [1.82, 2.24) is 10.1 Å². The van der Waals surface area contributed by atoms with Crippen molar-refractivity contribution in [3.8, 4) is 0 Å². The maximum Gasteiger partial charge on any atom is 0.256 e. The van der Waals surface area contributed by atoms with Crippen molar-refractivity contribution in [2.75, 3.05) is 12.9 Å². The molecule has 72 valence electrons. The molecule has 1 saturated heterocycles. The Morgan fingerprint density at radius 3 is 3.00 bits per heavy atom. The van der Waals surface area contributed by atoms with Gasteiger partial charge in [-0.25, -0.2) is 0 Å². The number of hydrogen-bond donors (Lipinski definition) is 0. The number of rotatable bonds is 2. The second-order valence-corrected chi connectivity index (χ2v) is 3.75. The fourth-order valence-electron chi connectivity index (χ4n) is 1.37. The monoisotopic (exact) mass is 200 g/mol. The molecule has 2 rings (SSSR count). The van der Waals surface area contributed by atoms with Crippen LogP contribution in [0, 0.1) is 0 Å².